The molecule has 0 aliphatic carbocycles. The first-order valence-electron chi connectivity index (χ1n) is 6.34. The van der Waals surface area contributed by atoms with Crippen molar-refractivity contribution in [2.24, 2.45) is 5.92 Å². The molecule has 0 aliphatic heterocycles. The lowest BCUT2D eigenvalue weighted by Gasteiger charge is -2.15. The summed E-state index contributed by atoms with van der Waals surface area (Å²) in [6.45, 7) is 7.57. The Balaban J connectivity index is 2.37. The average Bonchev–Trinajstić information content (AvgIpc) is 2.34. The van der Waals surface area contributed by atoms with Crippen LogP contribution in [0.3, 0.4) is 0 Å². The predicted octanol–water partition coefficient (Wildman–Crippen LogP) is 3.47. The Hall–Kier alpha value is -1.33. The van der Waals surface area contributed by atoms with E-state index in [0.29, 0.717) is 6.04 Å². The third-order valence-corrected chi connectivity index (χ3v) is 2.89. The van der Waals surface area contributed by atoms with Gasteiger partial charge in [0.05, 0.1) is 11.6 Å². The van der Waals surface area contributed by atoms with Crippen molar-refractivity contribution in [1.82, 2.24) is 5.32 Å². The first-order chi connectivity index (χ1) is 8.11. The molecule has 0 aromatic heterocycles. The van der Waals surface area contributed by atoms with E-state index in [1.165, 1.54) is 18.4 Å². The molecular weight excluding hydrogens is 208 g/mol. The maximum atomic E-state index is 8.81. The normalized spacial score (nSPS) is 12.4. The molecule has 0 saturated carbocycles. The van der Waals surface area contributed by atoms with Crippen molar-refractivity contribution in [2.75, 3.05) is 0 Å². The Morgan fingerprint density at radius 1 is 1.24 bits per heavy atom. The van der Waals surface area contributed by atoms with E-state index in [9.17, 15) is 0 Å². The fourth-order valence-corrected chi connectivity index (χ4v) is 1.73. The summed E-state index contributed by atoms with van der Waals surface area (Å²) in [5.41, 5.74) is 1.92. The number of benzene rings is 1. The Morgan fingerprint density at radius 3 is 2.65 bits per heavy atom. The maximum absolute atomic E-state index is 8.81. The van der Waals surface area contributed by atoms with E-state index in [1.807, 2.05) is 18.2 Å². The SMILES string of the molecule is CC(C)CCC(C)NCc1cccc(C#N)c1. The molecule has 0 amide bonds. The van der Waals surface area contributed by atoms with Crippen LogP contribution in [0.25, 0.3) is 0 Å². The molecule has 92 valence electrons. The lowest BCUT2D eigenvalue weighted by Crippen LogP contribution is -2.25. The Morgan fingerprint density at radius 2 is 2.00 bits per heavy atom. The highest BCUT2D eigenvalue weighted by molar-refractivity contribution is 5.32. The van der Waals surface area contributed by atoms with Crippen molar-refractivity contribution in [1.29, 1.82) is 5.26 Å². The number of nitrogens with zero attached hydrogens (tertiary/aromatic N) is 1. The summed E-state index contributed by atoms with van der Waals surface area (Å²) in [4.78, 5) is 0. The summed E-state index contributed by atoms with van der Waals surface area (Å²) in [5, 5.41) is 12.3. The molecule has 0 radical (unpaired) electrons. The molecule has 0 spiro atoms. The van der Waals surface area contributed by atoms with Crippen molar-refractivity contribution < 1.29 is 0 Å². The Kier molecular flexibility index (Phi) is 5.72. The summed E-state index contributed by atoms with van der Waals surface area (Å²) < 4.78 is 0. The molecule has 17 heavy (non-hydrogen) atoms. The van der Waals surface area contributed by atoms with Crippen molar-refractivity contribution in [3.8, 4) is 6.07 Å². The van der Waals surface area contributed by atoms with Gasteiger partial charge >= 0.3 is 0 Å². The fraction of sp³-hybridized carbons (Fsp3) is 0.533. The van der Waals surface area contributed by atoms with Gasteiger partial charge in [-0.25, -0.2) is 0 Å². The van der Waals surface area contributed by atoms with Crippen LogP contribution in [-0.4, -0.2) is 6.04 Å². The molecule has 2 nitrogen and oxygen atoms in total. The molecule has 0 fully saturated rings. The van der Waals surface area contributed by atoms with E-state index in [4.69, 9.17) is 5.26 Å². The third kappa shape index (κ3) is 5.51. The molecule has 2 heteroatoms. The van der Waals surface area contributed by atoms with Gasteiger partial charge in [0.1, 0.15) is 0 Å². The number of nitrogens with one attached hydrogen (secondary N) is 1. The van der Waals surface area contributed by atoms with Crippen LogP contribution >= 0.6 is 0 Å². The van der Waals surface area contributed by atoms with Gasteiger partial charge in [0.2, 0.25) is 0 Å². The Bertz CT molecular complexity index is 377. The van der Waals surface area contributed by atoms with Crippen LogP contribution < -0.4 is 5.32 Å². The van der Waals surface area contributed by atoms with Gasteiger partial charge in [0.25, 0.3) is 0 Å². The summed E-state index contributed by atoms with van der Waals surface area (Å²) in [7, 11) is 0. The van der Waals surface area contributed by atoms with Crippen LogP contribution in [0.2, 0.25) is 0 Å². The first kappa shape index (κ1) is 13.7. The number of hydrogen-bond donors (Lipinski definition) is 1. The van der Waals surface area contributed by atoms with E-state index in [2.05, 4.69) is 38.2 Å². The van der Waals surface area contributed by atoms with Gasteiger partial charge in [-0.1, -0.05) is 26.0 Å². The van der Waals surface area contributed by atoms with E-state index in [-0.39, 0.29) is 0 Å². The molecule has 1 aromatic carbocycles. The number of nitriles is 1. The minimum absolute atomic E-state index is 0.531. The highest BCUT2D eigenvalue weighted by Crippen LogP contribution is 2.08. The summed E-state index contributed by atoms with van der Waals surface area (Å²) in [5.74, 6) is 0.765. The van der Waals surface area contributed by atoms with Crippen molar-refractivity contribution in [3.05, 3.63) is 35.4 Å². The van der Waals surface area contributed by atoms with Crippen molar-refractivity contribution in [2.45, 2.75) is 46.2 Å². The monoisotopic (exact) mass is 230 g/mol. The zero-order valence-electron chi connectivity index (χ0n) is 11.0. The van der Waals surface area contributed by atoms with Crippen LogP contribution in [0, 0.1) is 17.2 Å². The maximum Gasteiger partial charge on any atom is 0.0991 e. The molecule has 0 bridgehead atoms. The van der Waals surface area contributed by atoms with E-state index < -0.39 is 0 Å². The van der Waals surface area contributed by atoms with Crippen molar-refractivity contribution in [3.63, 3.8) is 0 Å². The molecule has 1 atom stereocenters. The van der Waals surface area contributed by atoms with Gasteiger partial charge in [0.15, 0.2) is 0 Å². The van der Waals surface area contributed by atoms with Gasteiger partial charge in [-0.15, -0.1) is 0 Å². The largest absolute Gasteiger partial charge is 0.310 e. The number of rotatable bonds is 6. The summed E-state index contributed by atoms with van der Waals surface area (Å²) in [6.07, 6.45) is 2.46. The quantitative estimate of drug-likeness (QED) is 0.812. The standard InChI is InChI=1S/C15H22N2/c1-12(2)7-8-13(3)17-11-15-6-4-5-14(9-15)10-16/h4-6,9,12-13,17H,7-8,11H2,1-3H3. The van der Waals surface area contributed by atoms with E-state index in [1.54, 1.807) is 0 Å². The second kappa shape index (κ2) is 7.09. The number of hydrogen-bond acceptors (Lipinski definition) is 2. The van der Waals surface area contributed by atoms with Crippen LogP contribution in [0.4, 0.5) is 0 Å². The lowest BCUT2D eigenvalue weighted by atomic mass is 10.0. The minimum atomic E-state index is 0.531. The lowest BCUT2D eigenvalue weighted by molar-refractivity contribution is 0.451. The van der Waals surface area contributed by atoms with E-state index in [0.717, 1.165) is 18.0 Å². The first-order valence-corrected chi connectivity index (χ1v) is 6.34. The smallest absolute Gasteiger partial charge is 0.0991 e. The van der Waals surface area contributed by atoms with Gasteiger partial charge in [-0.3, -0.25) is 0 Å². The highest BCUT2D eigenvalue weighted by Gasteiger charge is 2.03. The second-order valence-electron chi connectivity index (χ2n) is 5.07. The molecule has 0 saturated heterocycles. The van der Waals surface area contributed by atoms with Crippen LogP contribution in [0.5, 0.6) is 0 Å². The fourth-order valence-electron chi connectivity index (χ4n) is 1.73. The second-order valence-corrected chi connectivity index (χ2v) is 5.07. The van der Waals surface area contributed by atoms with Gasteiger partial charge in [-0.2, -0.15) is 5.26 Å². The van der Waals surface area contributed by atoms with Crippen LogP contribution in [0.15, 0.2) is 24.3 Å². The summed E-state index contributed by atoms with van der Waals surface area (Å²) >= 11 is 0. The molecule has 0 heterocycles. The van der Waals surface area contributed by atoms with Crippen molar-refractivity contribution >= 4 is 0 Å². The van der Waals surface area contributed by atoms with E-state index >= 15 is 0 Å². The minimum Gasteiger partial charge on any atom is -0.310 e. The molecule has 1 aromatic rings. The summed E-state index contributed by atoms with van der Waals surface area (Å²) in [6, 6.07) is 10.5. The molecule has 0 aliphatic rings. The predicted molar refractivity (Wildman–Crippen MR) is 71.5 cm³/mol. The highest BCUT2D eigenvalue weighted by atomic mass is 14.9. The molecule has 1 unspecified atom stereocenters. The van der Waals surface area contributed by atoms with Gasteiger partial charge in [0, 0.05) is 12.6 Å². The zero-order valence-corrected chi connectivity index (χ0v) is 11.0. The van der Waals surface area contributed by atoms with Crippen LogP contribution in [-0.2, 0) is 6.54 Å². The van der Waals surface area contributed by atoms with Gasteiger partial charge < -0.3 is 5.32 Å². The topological polar surface area (TPSA) is 35.8 Å². The molecular formula is C15H22N2. The van der Waals surface area contributed by atoms with Gasteiger partial charge in [-0.05, 0) is 43.4 Å². The average molecular weight is 230 g/mol. The third-order valence-electron chi connectivity index (χ3n) is 2.89. The molecule has 1 N–H and O–H groups in total. The Labute approximate surface area is 105 Å². The van der Waals surface area contributed by atoms with Crippen LogP contribution in [0.1, 0.15) is 44.7 Å². The molecule has 1 rings (SSSR count). The zero-order chi connectivity index (χ0) is 12.7.